The third kappa shape index (κ3) is 0.870. The van der Waals surface area contributed by atoms with E-state index in [9.17, 15) is 9.18 Å². The van der Waals surface area contributed by atoms with Crippen LogP contribution in [0.4, 0.5) is 4.39 Å². The molecule has 1 saturated heterocycles. The van der Waals surface area contributed by atoms with Gasteiger partial charge < -0.3 is 5.32 Å². The van der Waals surface area contributed by atoms with Gasteiger partial charge in [-0.2, -0.15) is 0 Å². The van der Waals surface area contributed by atoms with Crippen LogP contribution in [-0.2, 0) is 4.79 Å². The van der Waals surface area contributed by atoms with E-state index in [0.717, 1.165) is 11.1 Å². The quantitative estimate of drug-likeness (QED) is 0.666. The molecule has 0 spiro atoms. The fourth-order valence-electron chi connectivity index (χ4n) is 2.53. The molecule has 3 atom stereocenters. The number of benzene rings is 1. The summed E-state index contributed by atoms with van der Waals surface area (Å²) in [5.41, 5.74) is 1.71. The lowest BCUT2D eigenvalue weighted by atomic mass is 10.0. The summed E-state index contributed by atoms with van der Waals surface area (Å²) in [4.78, 5) is 11.1. The Morgan fingerprint density at radius 1 is 1.29 bits per heavy atom. The Labute approximate surface area is 81.1 Å². The van der Waals surface area contributed by atoms with E-state index in [4.69, 9.17) is 0 Å². The molecule has 1 fully saturated rings. The van der Waals surface area contributed by atoms with Gasteiger partial charge in [0.1, 0.15) is 6.17 Å². The van der Waals surface area contributed by atoms with Crippen molar-refractivity contribution in [1.82, 2.24) is 5.32 Å². The summed E-state index contributed by atoms with van der Waals surface area (Å²) in [6.07, 6.45) is -0.657. The van der Waals surface area contributed by atoms with Crippen molar-refractivity contribution in [2.24, 2.45) is 5.92 Å². The number of hydrogen-bond acceptors (Lipinski definition) is 1. The van der Waals surface area contributed by atoms with Crippen LogP contribution < -0.4 is 5.32 Å². The Hall–Kier alpha value is -1.38. The molecular weight excluding hydrogens is 181 g/mol. The summed E-state index contributed by atoms with van der Waals surface area (Å²) >= 11 is 0. The van der Waals surface area contributed by atoms with Crippen LogP contribution in [0.5, 0.6) is 0 Å². The number of fused-ring (bicyclic) bond motifs is 3. The Kier molecular flexibility index (Phi) is 1.46. The van der Waals surface area contributed by atoms with E-state index in [-0.39, 0.29) is 17.9 Å². The van der Waals surface area contributed by atoms with Crippen molar-refractivity contribution in [3.05, 3.63) is 35.4 Å². The first-order valence-corrected chi connectivity index (χ1v) is 4.79. The van der Waals surface area contributed by atoms with Gasteiger partial charge in [-0.3, -0.25) is 4.79 Å². The third-order valence-electron chi connectivity index (χ3n) is 3.17. The summed E-state index contributed by atoms with van der Waals surface area (Å²) in [5.74, 6) is -0.211. The number of carbonyl (C=O) groups excluding carboxylic acids is 1. The predicted molar refractivity (Wildman–Crippen MR) is 49.3 cm³/mol. The Bertz CT molecular complexity index is 404. The van der Waals surface area contributed by atoms with Crippen molar-refractivity contribution in [2.75, 3.05) is 0 Å². The zero-order valence-corrected chi connectivity index (χ0v) is 7.53. The van der Waals surface area contributed by atoms with Crippen molar-refractivity contribution < 1.29 is 9.18 Å². The van der Waals surface area contributed by atoms with Crippen LogP contribution in [0.15, 0.2) is 24.3 Å². The number of amides is 1. The minimum atomic E-state index is -0.977. The molecule has 0 aromatic heterocycles. The smallest absolute Gasteiger partial charge is 0.220 e. The molecule has 1 aromatic carbocycles. The minimum Gasteiger partial charge on any atom is -0.349 e. The molecule has 1 aliphatic carbocycles. The Balaban J connectivity index is 2.11. The molecule has 1 heterocycles. The molecule has 3 unspecified atom stereocenters. The summed E-state index contributed by atoms with van der Waals surface area (Å²) in [6, 6.07) is 7.35. The highest BCUT2D eigenvalue weighted by Crippen LogP contribution is 2.49. The van der Waals surface area contributed by atoms with E-state index in [0.29, 0.717) is 6.42 Å². The monoisotopic (exact) mass is 191 g/mol. The van der Waals surface area contributed by atoms with Crippen molar-refractivity contribution >= 4 is 5.91 Å². The van der Waals surface area contributed by atoms with Crippen LogP contribution >= 0.6 is 0 Å². The highest BCUT2D eigenvalue weighted by molar-refractivity contribution is 5.80. The Morgan fingerprint density at radius 3 is 2.79 bits per heavy atom. The van der Waals surface area contributed by atoms with Gasteiger partial charge in [0.25, 0.3) is 0 Å². The molecule has 1 amide bonds. The van der Waals surface area contributed by atoms with Crippen molar-refractivity contribution in [3.63, 3.8) is 0 Å². The fraction of sp³-hybridized carbons (Fsp3) is 0.364. The van der Waals surface area contributed by atoms with Crippen molar-refractivity contribution in [1.29, 1.82) is 0 Å². The number of rotatable bonds is 0. The van der Waals surface area contributed by atoms with Crippen molar-refractivity contribution in [3.8, 4) is 0 Å². The van der Waals surface area contributed by atoms with Gasteiger partial charge in [0.15, 0.2) is 0 Å². The van der Waals surface area contributed by atoms with Crippen LogP contribution in [0.3, 0.4) is 0 Å². The third-order valence-corrected chi connectivity index (χ3v) is 3.17. The predicted octanol–water partition coefficient (Wildman–Crippen LogP) is 1.89. The second-order valence-electron chi connectivity index (χ2n) is 3.94. The first kappa shape index (κ1) is 7.97. The van der Waals surface area contributed by atoms with Gasteiger partial charge in [-0.25, -0.2) is 4.39 Å². The number of hydrogen-bond donors (Lipinski definition) is 1. The molecule has 3 rings (SSSR count). The van der Waals surface area contributed by atoms with Gasteiger partial charge >= 0.3 is 0 Å². The lowest BCUT2D eigenvalue weighted by Crippen LogP contribution is -2.18. The lowest BCUT2D eigenvalue weighted by molar-refractivity contribution is -0.119. The number of carbonyl (C=O) groups is 1. The lowest BCUT2D eigenvalue weighted by Gasteiger charge is -2.09. The summed E-state index contributed by atoms with van der Waals surface area (Å²) in [7, 11) is 0. The first-order valence-electron chi connectivity index (χ1n) is 4.79. The van der Waals surface area contributed by atoms with Crippen molar-refractivity contribution in [2.45, 2.75) is 18.6 Å². The molecule has 0 radical (unpaired) electrons. The standard InChI is InChI=1S/C11H10FNO/c12-10-6-3-1-2-4-7(6)11-8(10)5-9(14)13-11/h1-4,8,10-11H,5H2,(H,13,14). The van der Waals surface area contributed by atoms with E-state index in [2.05, 4.69) is 5.32 Å². The highest BCUT2D eigenvalue weighted by Gasteiger charge is 2.46. The zero-order chi connectivity index (χ0) is 9.71. The van der Waals surface area contributed by atoms with Gasteiger partial charge in [0.2, 0.25) is 5.91 Å². The van der Waals surface area contributed by atoms with E-state index < -0.39 is 6.17 Å². The molecule has 1 aromatic rings. The molecule has 0 bridgehead atoms. The maximum absolute atomic E-state index is 13.9. The van der Waals surface area contributed by atoms with E-state index in [1.54, 1.807) is 0 Å². The van der Waals surface area contributed by atoms with Crippen LogP contribution in [0, 0.1) is 5.92 Å². The van der Waals surface area contributed by atoms with Gasteiger partial charge in [-0.15, -0.1) is 0 Å². The molecule has 1 N–H and O–H groups in total. The highest BCUT2D eigenvalue weighted by atomic mass is 19.1. The summed E-state index contributed by atoms with van der Waals surface area (Å²) in [6.45, 7) is 0. The minimum absolute atomic E-state index is 0.0304. The molecule has 2 aliphatic rings. The molecule has 1 aliphatic heterocycles. The molecule has 14 heavy (non-hydrogen) atoms. The average molecular weight is 191 g/mol. The van der Waals surface area contributed by atoms with E-state index in [1.807, 2.05) is 24.3 Å². The number of nitrogens with one attached hydrogen (secondary N) is 1. The maximum atomic E-state index is 13.9. The van der Waals surface area contributed by atoms with E-state index >= 15 is 0 Å². The summed E-state index contributed by atoms with van der Waals surface area (Å²) < 4.78 is 13.9. The molecule has 3 heteroatoms. The van der Waals surface area contributed by atoms with Crippen LogP contribution in [-0.4, -0.2) is 5.91 Å². The fourth-order valence-corrected chi connectivity index (χ4v) is 2.53. The van der Waals surface area contributed by atoms with Gasteiger partial charge in [-0.05, 0) is 11.1 Å². The maximum Gasteiger partial charge on any atom is 0.220 e. The first-order chi connectivity index (χ1) is 6.77. The van der Waals surface area contributed by atoms with Crippen LogP contribution in [0.2, 0.25) is 0 Å². The summed E-state index contributed by atoms with van der Waals surface area (Å²) in [5, 5.41) is 2.82. The van der Waals surface area contributed by atoms with Crippen LogP contribution in [0.25, 0.3) is 0 Å². The van der Waals surface area contributed by atoms with Crippen LogP contribution in [0.1, 0.15) is 29.8 Å². The van der Waals surface area contributed by atoms with E-state index in [1.165, 1.54) is 0 Å². The molecule has 0 saturated carbocycles. The largest absolute Gasteiger partial charge is 0.349 e. The second kappa shape index (κ2) is 2.56. The van der Waals surface area contributed by atoms with Gasteiger partial charge in [0, 0.05) is 12.3 Å². The van der Waals surface area contributed by atoms with Gasteiger partial charge in [0.05, 0.1) is 6.04 Å². The average Bonchev–Trinajstić information content (AvgIpc) is 2.68. The SMILES string of the molecule is O=C1CC2C(F)c3ccccc3C2N1. The topological polar surface area (TPSA) is 29.1 Å². The number of halogens is 1. The molecule has 2 nitrogen and oxygen atoms in total. The second-order valence-corrected chi connectivity index (χ2v) is 3.94. The zero-order valence-electron chi connectivity index (χ0n) is 7.53. The molecular formula is C11H10FNO. The van der Waals surface area contributed by atoms with Gasteiger partial charge in [-0.1, -0.05) is 24.3 Å². The number of alkyl halides is 1. The Morgan fingerprint density at radius 2 is 2.00 bits per heavy atom. The molecule has 72 valence electrons. The normalized spacial score (nSPS) is 33.8.